The second kappa shape index (κ2) is 9.68. The van der Waals surface area contributed by atoms with E-state index in [-0.39, 0.29) is 22.2 Å². The first-order valence-corrected chi connectivity index (χ1v) is 13.3. The number of piperazine rings is 1. The van der Waals surface area contributed by atoms with Gasteiger partial charge in [-0.05, 0) is 30.7 Å². The molecule has 7 heteroatoms. The van der Waals surface area contributed by atoms with E-state index in [2.05, 4.69) is 17.0 Å². The van der Waals surface area contributed by atoms with Crippen LogP contribution in [0.3, 0.4) is 0 Å². The van der Waals surface area contributed by atoms with Gasteiger partial charge < -0.3 is 9.47 Å². The molecule has 35 heavy (non-hydrogen) atoms. The average Bonchev–Trinajstić information content (AvgIpc) is 3.24. The van der Waals surface area contributed by atoms with Gasteiger partial charge in [-0.25, -0.2) is 8.42 Å². The zero-order chi connectivity index (χ0) is 24.4. The van der Waals surface area contributed by atoms with Crippen LogP contribution in [0.4, 0.5) is 0 Å². The van der Waals surface area contributed by atoms with Crippen LogP contribution in [0.15, 0.2) is 94.9 Å². The maximum Gasteiger partial charge on any atom is 0.242 e. The van der Waals surface area contributed by atoms with Crippen LogP contribution >= 0.6 is 0 Å². The van der Waals surface area contributed by atoms with Crippen molar-refractivity contribution in [3.05, 3.63) is 96.2 Å². The van der Waals surface area contributed by atoms with Crippen LogP contribution in [0, 0.1) is 6.92 Å². The van der Waals surface area contributed by atoms with Crippen molar-refractivity contribution in [2.45, 2.75) is 29.8 Å². The van der Waals surface area contributed by atoms with Crippen LogP contribution in [0.1, 0.15) is 11.1 Å². The van der Waals surface area contributed by atoms with E-state index in [9.17, 15) is 13.2 Å². The zero-order valence-electron chi connectivity index (χ0n) is 19.8. The number of amides is 1. The molecule has 0 N–H and O–H groups in total. The van der Waals surface area contributed by atoms with Crippen molar-refractivity contribution < 1.29 is 13.2 Å². The third-order valence-electron chi connectivity index (χ3n) is 6.65. The normalized spacial score (nSPS) is 14.9. The Labute approximate surface area is 206 Å². The third-order valence-corrected chi connectivity index (χ3v) is 8.45. The van der Waals surface area contributed by atoms with Gasteiger partial charge in [0, 0.05) is 49.8 Å². The minimum atomic E-state index is -3.71. The van der Waals surface area contributed by atoms with Crippen molar-refractivity contribution in [3.8, 4) is 0 Å². The van der Waals surface area contributed by atoms with Gasteiger partial charge in [0.2, 0.25) is 15.7 Å². The Kier molecular flexibility index (Phi) is 6.45. The Morgan fingerprint density at radius 2 is 1.49 bits per heavy atom. The number of carbonyl (C=O) groups excluding carboxylic acids is 1. The van der Waals surface area contributed by atoms with Crippen molar-refractivity contribution in [2.75, 3.05) is 26.2 Å². The van der Waals surface area contributed by atoms with E-state index in [0.29, 0.717) is 18.5 Å². The van der Waals surface area contributed by atoms with E-state index in [1.54, 1.807) is 41.1 Å². The number of sulfone groups is 1. The monoisotopic (exact) mass is 487 g/mol. The molecule has 1 fully saturated rings. The average molecular weight is 488 g/mol. The standard InChI is InChI=1S/C28H29N3O3S/c1-22-11-13-24(14-12-22)35(33,34)27-20-31(26-10-6-5-9-25(26)27)21-28(32)30-17-15-29(16-18-30)19-23-7-3-2-4-8-23/h2-14,20H,15-19,21H2,1H3. The van der Waals surface area contributed by atoms with Crippen molar-refractivity contribution >= 4 is 26.6 Å². The number of fused-ring (bicyclic) bond motifs is 1. The van der Waals surface area contributed by atoms with Crippen molar-refractivity contribution in [1.82, 2.24) is 14.4 Å². The summed E-state index contributed by atoms with van der Waals surface area (Å²) in [7, 11) is -3.71. The van der Waals surface area contributed by atoms with Gasteiger partial charge in [0.05, 0.1) is 9.79 Å². The van der Waals surface area contributed by atoms with E-state index >= 15 is 0 Å². The first-order valence-electron chi connectivity index (χ1n) is 11.9. The Morgan fingerprint density at radius 1 is 0.829 bits per heavy atom. The summed E-state index contributed by atoms with van der Waals surface area (Å²) in [6.07, 6.45) is 1.61. The molecule has 1 aliphatic heterocycles. The lowest BCUT2D eigenvalue weighted by molar-refractivity contribution is -0.133. The number of nitrogens with zero attached hydrogens (tertiary/aromatic N) is 3. The second-order valence-electron chi connectivity index (χ2n) is 9.10. The number of rotatable bonds is 6. The maximum atomic E-state index is 13.4. The molecule has 4 aromatic rings. The van der Waals surface area contributed by atoms with Gasteiger partial charge in [-0.3, -0.25) is 9.69 Å². The van der Waals surface area contributed by atoms with Crippen LogP contribution in [0.2, 0.25) is 0 Å². The van der Waals surface area contributed by atoms with Crippen LogP contribution < -0.4 is 0 Å². The number of carbonyl (C=O) groups is 1. The SMILES string of the molecule is Cc1ccc(S(=O)(=O)c2cn(CC(=O)N3CCN(Cc4ccccc4)CC3)c3ccccc23)cc1. The summed E-state index contributed by atoms with van der Waals surface area (Å²) in [6, 6.07) is 24.6. The fourth-order valence-corrected chi connectivity index (χ4v) is 6.12. The molecule has 1 amide bonds. The highest BCUT2D eigenvalue weighted by atomic mass is 32.2. The summed E-state index contributed by atoms with van der Waals surface area (Å²) >= 11 is 0. The molecule has 0 atom stereocenters. The number of hydrogen-bond acceptors (Lipinski definition) is 4. The summed E-state index contributed by atoms with van der Waals surface area (Å²) in [5, 5.41) is 0.633. The minimum Gasteiger partial charge on any atom is -0.339 e. The van der Waals surface area contributed by atoms with E-state index in [4.69, 9.17) is 0 Å². The van der Waals surface area contributed by atoms with Crippen molar-refractivity contribution in [1.29, 1.82) is 0 Å². The molecule has 0 spiro atoms. The van der Waals surface area contributed by atoms with Gasteiger partial charge in [-0.2, -0.15) is 0 Å². The highest BCUT2D eigenvalue weighted by molar-refractivity contribution is 7.91. The smallest absolute Gasteiger partial charge is 0.242 e. The molecule has 5 rings (SSSR count). The summed E-state index contributed by atoms with van der Waals surface area (Å²) in [5.41, 5.74) is 3.02. The Bertz CT molecular complexity index is 1440. The highest BCUT2D eigenvalue weighted by Crippen LogP contribution is 2.30. The highest BCUT2D eigenvalue weighted by Gasteiger charge is 2.26. The molecular formula is C28H29N3O3S. The van der Waals surface area contributed by atoms with E-state index < -0.39 is 9.84 Å². The molecular weight excluding hydrogens is 458 g/mol. The second-order valence-corrected chi connectivity index (χ2v) is 11.0. The molecule has 0 aliphatic carbocycles. The molecule has 3 aromatic carbocycles. The maximum absolute atomic E-state index is 13.4. The summed E-state index contributed by atoms with van der Waals surface area (Å²) < 4.78 is 28.6. The van der Waals surface area contributed by atoms with Crippen LogP contribution in [-0.2, 0) is 27.7 Å². The number of aromatic nitrogens is 1. The molecule has 1 aliphatic rings. The molecule has 6 nitrogen and oxygen atoms in total. The number of hydrogen-bond donors (Lipinski definition) is 0. The lowest BCUT2D eigenvalue weighted by Crippen LogP contribution is -2.49. The molecule has 1 aromatic heterocycles. The number of para-hydroxylation sites is 1. The lowest BCUT2D eigenvalue weighted by atomic mass is 10.2. The molecule has 0 saturated carbocycles. The number of aryl methyl sites for hydroxylation is 1. The van der Waals surface area contributed by atoms with Gasteiger partial charge >= 0.3 is 0 Å². The third kappa shape index (κ3) is 4.88. The molecule has 0 unspecified atom stereocenters. The van der Waals surface area contributed by atoms with Crippen LogP contribution in [0.25, 0.3) is 10.9 Å². The van der Waals surface area contributed by atoms with Gasteiger partial charge in [-0.15, -0.1) is 0 Å². The topological polar surface area (TPSA) is 62.6 Å². The van der Waals surface area contributed by atoms with E-state index in [1.165, 1.54) is 5.56 Å². The molecule has 0 bridgehead atoms. The lowest BCUT2D eigenvalue weighted by Gasteiger charge is -2.35. The predicted molar refractivity (Wildman–Crippen MR) is 137 cm³/mol. The van der Waals surface area contributed by atoms with Crippen LogP contribution in [-0.4, -0.2) is 54.9 Å². The predicted octanol–water partition coefficient (Wildman–Crippen LogP) is 4.13. The Hall–Kier alpha value is -3.42. The Balaban J connectivity index is 1.33. The summed E-state index contributed by atoms with van der Waals surface area (Å²) in [5.74, 6) is 0.00407. The van der Waals surface area contributed by atoms with Gasteiger partial charge in [0.1, 0.15) is 6.54 Å². The van der Waals surface area contributed by atoms with Crippen molar-refractivity contribution in [3.63, 3.8) is 0 Å². The van der Waals surface area contributed by atoms with Gasteiger partial charge in [0.15, 0.2) is 0 Å². The number of benzene rings is 3. The summed E-state index contributed by atoms with van der Waals surface area (Å²) in [4.78, 5) is 17.9. The quantitative estimate of drug-likeness (QED) is 0.410. The van der Waals surface area contributed by atoms with Gasteiger partial charge in [0.25, 0.3) is 0 Å². The van der Waals surface area contributed by atoms with E-state index in [1.807, 2.05) is 48.2 Å². The van der Waals surface area contributed by atoms with Crippen molar-refractivity contribution in [2.24, 2.45) is 0 Å². The summed E-state index contributed by atoms with van der Waals surface area (Å²) in [6.45, 7) is 5.89. The molecule has 1 saturated heterocycles. The zero-order valence-corrected chi connectivity index (χ0v) is 20.6. The molecule has 2 heterocycles. The molecule has 180 valence electrons. The first kappa shape index (κ1) is 23.3. The first-order chi connectivity index (χ1) is 16.9. The fourth-order valence-electron chi connectivity index (χ4n) is 4.65. The Morgan fingerprint density at radius 3 is 2.20 bits per heavy atom. The van der Waals surface area contributed by atoms with Crippen LogP contribution in [0.5, 0.6) is 0 Å². The van der Waals surface area contributed by atoms with E-state index in [0.717, 1.165) is 30.7 Å². The molecule has 0 radical (unpaired) electrons. The minimum absolute atomic E-state index is 0.00407. The fraction of sp³-hybridized carbons (Fsp3) is 0.250. The van der Waals surface area contributed by atoms with Gasteiger partial charge in [-0.1, -0.05) is 66.2 Å². The largest absolute Gasteiger partial charge is 0.339 e.